The molecular weight excluding hydrogens is 432 g/mol. The van der Waals surface area contributed by atoms with E-state index in [0.717, 1.165) is 57.2 Å². The molecule has 4 aromatic rings. The largest absolute Gasteiger partial charge is 0.493 e. The van der Waals surface area contributed by atoms with E-state index in [1.54, 1.807) is 14.2 Å². The zero-order chi connectivity index (χ0) is 20.4. The number of anilines is 1. The van der Waals surface area contributed by atoms with Crippen molar-refractivity contribution in [1.82, 2.24) is 14.8 Å². The maximum Gasteiger partial charge on any atom is 0.162 e. The molecule has 1 N–H and O–H groups in total. The molecule has 0 aliphatic rings. The van der Waals surface area contributed by atoms with Crippen LogP contribution in [-0.2, 0) is 0 Å². The molecule has 0 amide bonds. The van der Waals surface area contributed by atoms with E-state index in [1.807, 2.05) is 47.3 Å². The Hall–Kier alpha value is -2.80. The lowest BCUT2D eigenvalue weighted by molar-refractivity contribution is 0.356. The van der Waals surface area contributed by atoms with E-state index >= 15 is 0 Å². The number of methoxy groups -OCH3 is 2. The summed E-state index contributed by atoms with van der Waals surface area (Å²) in [5.41, 5.74) is 2.67. The summed E-state index contributed by atoms with van der Waals surface area (Å²) in [5, 5.41) is 10.3. The fourth-order valence-corrected chi connectivity index (χ4v) is 3.59. The first-order chi connectivity index (χ1) is 14.1. The smallest absolute Gasteiger partial charge is 0.162 e. The number of ether oxygens (including phenoxy) is 2. The van der Waals surface area contributed by atoms with Crippen LogP contribution in [0.3, 0.4) is 0 Å². The fraction of sp³-hybridized carbons (Fsp3) is 0.273. The lowest BCUT2D eigenvalue weighted by Gasteiger charge is -2.11. The number of hydrogen-bond donors (Lipinski definition) is 1. The van der Waals surface area contributed by atoms with Gasteiger partial charge < -0.3 is 14.8 Å². The molecule has 0 atom stereocenters. The summed E-state index contributed by atoms with van der Waals surface area (Å²) in [7, 11) is 3.26. The molecular formula is C22H23BrN4O2. The topological polar surface area (TPSA) is 61.2 Å². The lowest BCUT2D eigenvalue weighted by atomic mass is 10.1. The lowest BCUT2D eigenvalue weighted by Crippen LogP contribution is -2.03. The Kier molecular flexibility index (Phi) is 5.58. The maximum atomic E-state index is 5.50. The van der Waals surface area contributed by atoms with Gasteiger partial charge in [0.2, 0.25) is 0 Å². The number of aromatic nitrogens is 3. The quantitative estimate of drug-likeness (QED) is 0.370. The molecule has 6 nitrogen and oxygen atoms in total. The van der Waals surface area contributed by atoms with Gasteiger partial charge in [0.1, 0.15) is 11.3 Å². The molecule has 0 aliphatic carbocycles. The molecule has 150 valence electrons. The van der Waals surface area contributed by atoms with Crippen molar-refractivity contribution in [2.75, 3.05) is 26.1 Å². The van der Waals surface area contributed by atoms with Crippen molar-refractivity contribution < 1.29 is 9.47 Å². The third kappa shape index (κ3) is 3.74. The summed E-state index contributed by atoms with van der Waals surface area (Å²) in [5.74, 6) is 2.14. The number of pyridine rings is 1. The van der Waals surface area contributed by atoms with E-state index in [-0.39, 0.29) is 0 Å². The molecule has 0 spiro atoms. The third-order valence-electron chi connectivity index (χ3n) is 4.87. The average Bonchev–Trinajstić information content (AvgIpc) is 3.19. The van der Waals surface area contributed by atoms with E-state index in [9.17, 15) is 0 Å². The second-order valence-electron chi connectivity index (χ2n) is 6.78. The predicted molar refractivity (Wildman–Crippen MR) is 121 cm³/mol. The number of rotatable bonds is 7. The van der Waals surface area contributed by atoms with Crippen molar-refractivity contribution in [1.29, 1.82) is 0 Å². The molecule has 7 heteroatoms. The Morgan fingerprint density at radius 2 is 1.76 bits per heavy atom. The maximum absolute atomic E-state index is 5.50. The molecule has 0 bridgehead atoms. The number of fused-ring (bicyclic) bond motifs is 3. The fourth-order valence-electron chi connectivity index (χ4n) is 3.32. The van der Waals surface area contributed by atoms with Crippen molar-refractivity contribution in [2.45, 2.75) is 19.8 Å². The van der Waals surface area contributed by atoms with Gasteiger partial charge in [0.05, 0.1) is 30.8 Å². The van der Waals surface area contributed by atoms with Crippen LogP contribution in [0.25, 0.3) is 27.5 Å². The molecule has 0 fully saturated rings. The van der Waals surface area contributed by atoms with Crippen LogP contribution < -0.4 is 14.8 Å². The van der Waals surface area contributed by atoms with Gasteiger partial charge >= 0.3 is 0 Å². The first-order valence-electron chi connectivity index (χ1n) is 9.59. The normalized spacial score (nSPS) is 11.2. The number of halogens is 1. The molecule has 0 aliphatic heterocycles. The molecule has 0 saturated carbocycles. The zero-order valence-corrected chi connectivity index (χ0v) is 18.3. The molecule has 4 rings (SSSR count). The number of benzene rings is 2. The van der Waals surface area contributed by atoms with E-state index in [0.29, 0.717) is 11.5 Å². The summed E-state index contributed by atoms with van der Waals surface area (Å²) < 4.78 is 13.9. The molecule has 2 aromatic carbocycles. The standard InChI is InChI=1S/C22H23BrN4O2/c1-4-5-10-24-22-17-13-27(15-8-6-14(23)7-9-15)26-21(17)16-11-19(28-2)20(29-3)12-18(16)25-22/h6-9,11-13H,4-5,10H2,1-3H3,(H,24,25). The predicted octanol–water partition coefficient (Wildman–Crippen LogP) is 5.57. The zero-order valence-electron chi connectivity index (χ0n) is 16.7. The van der Waals surface area contributed by atoms with E-state index in [4.69, 9.17) is 19.6 Å². The highest BCUT2D eigenvalue weighted by Gasteiger charge is 2.16. The Morgan fingerprint density at radius 3 is 2.45 bits per heavy atom. The average molecular weight is 455 g/mol. The van der Waals surface area contributed by atoms with Crippen LogP contribution in [0, 0.1) is 0 Å². The van der Waals surface area contributed by atoms with Gasteiger partial charge in [-0.3, -0.25) is 0 Å². The monoisotopic (exact) mass is 454 g/mol. The van der Waals surface area contributed by atoms with Gasteiger partial charge in [-0.1, -0.05) is 29.3 Å². The minimum absolute atomic E-state index is 0.652. The van der Waals surface area contributed by atoms with Gasteiger partial charge in [0.15, 0.2) is 11.5 Å². The van der Waals surface area contributed by atoms with Crippen LogP contribution in [0.4, 0.5) is 5.82 Å². The molecule has 29 heavy (non-hydrogen) atoms. The second-order valence-corrected chi connectivity index (χ2v) is 7.69. The molecule has 0 unspecified atom stereocenters. The number of nitrogens with one attached hydrogen (secondary N) is 1. The second kappa shape index (κ2) is 8.29. The van der Waals surface area contributed by atoms with Crippen molar-refractivity contribution in [2.24, 2.45) is 0 Å². The highest BCUT2D eigenvalue weighted by atomic mass is 79.9. The van der Waals surface area contributed by atoms with Crippen LogP contribution in [0.5, 0.6) is 11.5 Å². The van der Waals surface area contributed by atoms with Gasteiger partial charge in [-0.25, -0.2) is 9.67 Å². The minimum atomic E-state index is 0.652. The Labute approximate surface area is 178 Å². The summed E-state index contributed by atoms with van der Waals surface area (Å²) in [6, 6.07) is 11.9. The minimum Gasteiger partial charge on any atom is -0.493 e. The first kappa shape index (κ1) is 19.5. The molecule has 0 saturated heterocycles. The van der Waals surface area contributed by atoms with Gasteiger partial charge in [-0.05, 0) is 36.8 Å². The van der Waals surface area contributed by atoms with Crippen LogP contribution in [0.15, 0.2) is 47.1 Å². The molecule has 0 radical (unpaired) electrons. The first-order valence-corrected chi connectivity index (χ1v) is 10.4. The van der Waals surface area contributed by atoms with Crippen molar-refractivity contribution in [3.63, 3.8) is 0 Å². The Morgan fingerprint density at radius 1 is 1.03 bits per heavy atom. The van der Waals surface area contributed by atoms with Crippen molar-refractivity contribution in [3.05, 3.63) is 47.1 Å². The number of nitrogens with zero attached hydrogens (tertiary/aromatic N) is 3. The van der Waals surface area contributed by atoms with Crippen LogP contribution >= 0.6 is 15.9 Å². The number of hydrogen-bond acceptors (Lipinski definition) is 5. The Balaban J connectivity index is 1.94. The summed E-state index contributed by atoms with van der Waals surface area (Å²) in [6.45, 7) is 3.04. The van der Waals surface area contributed by atoms with E-state index in [1.165, 1.54) is 0 Å². The third-order valence-corrected chi connectivity index (χ3v) is 5.40. The molecule has 2 aromatic heterocycles. The van der Waals surface area contributed by atoms with E-state index < -0.39 is 0 Å². The SMILES string of the molecule is CCCCNc1nc2cc(OC)c(OC)cc2c2nn(-c3ccc(Br)cc3)cc12. The van der Waals surface area contributed by atoms with Crippen LogP contribution in [0.2, 0.25) is 0 Å². The van der Waals surface area contributed by atoms with Crippen molar-refractivity contribution >= 4 is 43.6 Å². The summed E-state index contributed by atoms with van der Waals surface area (Å²) in [4.78, 5) is 4.87. The molecule has 2 heterocycles. The number of unbranched alkanes of at least 4 members (excludes halogenated alkanes) is 1. The summed E-state index contributed by atoms with van der Waals surface area (Å²) >= 11 is 3.49. The van der Waals surface area contributed by atoms with Gasteiger partial charge in [-0.15, -0.1) is 0 Å². The van der Waals surface area contributed by atoms with Gasteiger partial charge in [0.25, 0.3) is 0 Å². The van der Waals surface area contributed by atoms with Crippen molar-refractivity contribution in [3.8, 4) is 17.2 Å². The van der Waals surface area contributed by atoms with Crippen LogP contribution in [-0.4, -0.2) is 35.5 Å². The summed E-state index contributed by atoms with van der Waals surface area (Å²) in [6.07, 6.45) is 4.22. The van der Waals surface area contributed by atoms with Gasteiger partial charge in [-0.2, -0.15) is 5.10 Å². The highest BCUT2D eigenvalue weighted by molar-refractivity contribution is 9.10. The van der Waals surface area contributed by atoms with Crippen LogP contribution in [0.1, 0.15) is 19.8 Å². The van der Waals surface area contributed by atoms with E-state index in [2.05, 4.69) is 28.2 Å². The van der Waals surface area contributed by atoms with Gasteiger partial charge in [0, 0.05) is 28.7 Å². The highest BCUT2D eigenvalue weighted by Crippen LogP contribution is 2.36. The Bertz CT molecular complexity index is 1160.